The number of ether oxygens (including phenoxy) is 1. The number of nitrogens with one attached hydrogen (secondary N) is 1. The zero-order chi connectivity index (χ0) is 16.7. The predicted molar refractivity (Wildman–Crippen MR) is 87.1 cm³/mol. The number of para-hydroxylation sites is 1. The standard InChI is InChI=1S/C18H18N2O3/c1-13(23-17-5-3-2-4-15(17)12-19)18(22)20-16-8-6-14(7-9-16)10-11-21/h2-9,13,21H,10-11H2,1H3,(H,20,22). The first-order chi connectivity index (χ1) is 11.1. The lowest BCUT2D eigenvalue weighted by atomic mass is 10.1. The molecule has 2 rings (SSSR count). The Kier molecular flexibility index (Phi) is 5.73. The van der Waals surface area contributed by atoms with Gasteiger partial charge < -0.3 is 15.2 Å². The van der Waals surface area contributed by atoms with E-state index in [0.717, 1.165) is 5.56 Å². The molecule has 2 aromatic carbocycles. The average molecular weight is 310 g/mol. The van der Waals surface area contributed by atoms with Gasteiger partial charge in [-0.15, -0.1) is 0 Å². The maximum atomic E-state index is 12.2. The molecule has 0 fully saturated rings. The first kappa shape index (κ1) is 16.5. The molecular weight excluding hydrogens is 292 g/mol. The van der Waals surface area contributed by atoms with E-state index in [1.807, 2.05) is 18.2 Å². The minimum atomic E-state index is -0.735. The Balaban J connectivity index is 1.98. The van der Waals surface area contributed by atoms with Crippen molar-refractivity contribution in [1.82, 2.24) is 0 Å². The van der Waals surface area contributed by atoms with Gasteiger partial charge in [0.05, 0.1) is 5.56 Å². The summed E-state index contributed by atoms with van der Waals surface area (Å²) >= 11 is 0. The van der Waals surface area contributed by atoms with Crippen LogP contribution in [0.1, 0.15) is 18.1 Å². The molecule has 1 unspecified atom stereocenters. The molecule has 0 heterocycles. The Labute approximate surface area is 135 Å². The molecule has 0 aliphatic rings. The molecule has 23 heavy (non-hydrogen) atoms. The predicted octanol–water partition coefficient (Wildman–Crippen LogP) is 2.50. The van der Waals surface area contributed by atoms with Crippen molar-refractivity contribution in [2.75, 3.05) is 11.9 Å². The van der Waals surface area contributed by atoms with Crippen molar-refractivity contribution in [1.29, 1.82) is 5.26 Å². The minimum absolute atomic E-state index is 0.0921. The fourth-order valence-electron chi connectivity index (χ4n) is 2.03. The molecule has 2 N–H and O–H groups in total. The smallest absolute Gasteiger partial charge is 0.265 e. The van der Waals surface area contributed by atoms with E-state index in [4.69, 9.17) is 15.1 Å². The number of hydrogen-bond acceptors (Lipinski definition) is 4. The van der Waals surface area contributed by atoms with Gasteiger partial charge in [-0.3, -0.25) is 4.79 Å². The maximum absolute atomic E-state index is 12.2. The van der Waals surface area contributed by atoms with Crippen molar-refractivity contribution in [3.8, 4) is 11.8 Å². The Hall–Kier alpha value is -2.84. The largest absolute Gasteiger partial charge is 0.480 e. The molecule has 5 heteroatoms. The van der Waals surface area contributed by atoms with Crippen LogP contribution in [0, 0.1) is 11.3 Å². The van der Waals surface area contributed by atoms with Crippen molar-refractivity contribution in [3.05, 3.63) is 59.7 Å². The van der Waals surface area contributed by atoms with Crippen LogP contribution in [-0.4, -0.2) is 23.7 Å². The van der Waals surface area contributed by atoms with E-state index in [0.29, 0.717) is 23.4 Å². The molecular formula is C18H18N2O3. The molecule has 0 aliphatic heterocycles. The minimum Gasteiger partial charge on any atom is -0.480 e. The lowest BCUT2D eigenvalue weighted by Crippen LogP contribution is -2.30. The van der Waals surface area contributed by atoms with E-state index >= 15 is 0 Å². The second kappa shape index (κ2) is 7.97. The highest BCUT2D eigenvalue weighted by Crippen LogP contribution is 2.19. The summed E-state index contributed by atoms with van der Waals surface area (Å²) in [6, 6.07) is 16.1. The van der Waals surface area contributed by atoms with Crippen LogP contribution >= 0.6 is 0 Å². The highest BCUT2D eigenvalue weighted by atomic mass is 16.5. The van der Waals surface area contributed by atoms with Crippen LogP contribution in [0.25, 0.3) is 0 Å². The number of nitriles is 1. The number of aliphatic hydroxyl groups excluding tert-OH is 1. The molecule has 0 bridgehead atoms. The summed E-state index contributed by atoms with van der Waals surface area (Å²) in [6.07, 6.45) is -0.153. The summed E-state index contributed by atoms with van der Waals surface area (Å²) in [5.41, 5.74) is 2.04. The Bertz CT molecular complexity index is 705. The van der Waals surface area contributed by atoms with Gasteiger partial charge in [0.1, 0.15) is 11.8 Å². The highest BCUT2D eigenvalue weighted by Gasteiger charge is 2.16. The van der Waals surface area contributed by atoms with Crippen molar-refractivity contribution < 1.29 is 14.6 Å². The molecule has 0 aliphatic carbocycles. The van der Waals surface area contributed by atoms with Crippen LogP contribution < -0.4 is 10.1 Å². The molecule has 0 saturated carbocycles. The summed E-state index contributed by atoms with van der Waals surface area (Å²) < 4.78 is 5.57. The molecule has 2 aromatic rings. The molecule has 0 aromatic heterocycles. The number of nitrogens with zero attached hydrogens (tertiary/aromatic N) is 1. The highest BCUT2D eigenvalue weighted by molar-refractivity contribution is 5.94. The van der Waals surface area contributed by atoms with Crippen molar-refractivity contribution in [2.45, 2.75) is 19.4 Å². The van der Waals surface area contributed by atoms with E-state index in [1.165, 1.54) is 0 Å². The molecule has 118 valence electrons. The van der Waals surface area contributed by atoms with Crippen molar-refractivity contribution in [3.63, 3.8) is 0 Å². The van der Waals surface area contributed by atoms with E-state index < -0.39 is 6.10 Å². The lowest BCUT2D eigenvalue weighted by molar-refractivity contribution is -0.122. The van der Waals surface area contributed by atoms with Crippen molar-refractivity contribution >= 4 is 11.6 Å². The summed E-state index contributed by atoms with van der Waals surface area (Å²) in [5.74, 6) is 0.0867. The number of carbonyl (C=O) groups excluding carboxylic acids is 1. The number of rotatable bonds is 6. The molecule has 5 nitrogen and oxygen atoms in total. The van der Waals surface area contributed by atoms with Crippen molar-refractivity contribution in [2.24, 2.45) is 0 Å². The fourth-order valence-corrected chi connectivity index (χ4v) is 2.03. The monoisotopic (exact) mass is 310 g/mol. The maximum Gasteiger partial charge on any atom is 0.265 e. The van der Waals surface area contributed by atoms with E-state index in [1.54, 1.807) is 43.3 Å². The molecule has 0 radical (unpaired) electrons. The number of benzene rings is 2. The molecule has 0 saturated heterocycles. The van der Waals surface area contributed by atoms with E-state index in [-0.39, 0.29) is 12.5 Å². The van der Waals surface area contributed by atoms with Gasteiger partial charge in [0.15, 0.2) is 6.10 Å². The van der Waals surface area contributed by atoms with Crippen LogP contribution in [0.2, 0.25) is 0 Å². The number of anilines is 1. The van der Waals surface area contributed by atoms with Crippen LogP contribution in [0.3, 0.4) is 0 Å². The Morgan fingerprint density at radius 1 is 1.26 bits per heavy atom. The van der Waals surface area contributed by atoms with Gasteiger partial charge in [-0.25, -0.2) is 0 Å². The third kappa shape index (κ3) is 4.56. The van der Waals surface area contributed by atoms with Crippen LogP contribution in [-0.2, 0) is 11.2 Å². The number of aliphatic hydroxyl groups is 1. The number of carbonyl (C=O) groups is 1. The second-order valence-corrected chi connectivity index (χ2v) is 5.03. The van der Waals surface area contributed by atoms with Gasteiger partial charge in [-0.2, -0.15) is 5.26 Å². The Morgan fingerprint density at radius 2 is 1.96 bits per heavy atom. The average Bonchev–Trinajstić information content (AvgIpc) is 2.57. The number of hydrogen-bond donors (Lipinski definition) is 2. The lowest BCUT2D eigenvalue weighted by Gasteiger charge is -2.15. The van der Waals surface area contributed by atoms with Gasteiger partial charge in [-0.05, 0) is 43.2 Å². The first-order valence-corrected chi connectivity index (χ1v) is 7.30. The molecule has 0 spiro atoms. The summed E-state index contributed by atoms with van der Waals surface area (Å²) in [5, 5.41) is 20.7. The Morgan fingerprint density at radius 3 is 2.61 bits per heavy atom. The van der Waals surface area contributed by atoms with Gasteiger partial charge in [0.2, 0.25) is 0 Å². The summed E-state index contributed by atoms with van der Waals surface area (Å²) in [6.45, 7) is 1.72. The molecule has 1 amide bonds. The first-order valence-electron chi connectivity index (χ1n) is 7.30. The fraction of sp³-hybridized carbons (Fsp3) is 0.222. The zero-order valence-corrected chi connectivity index (χ0v) is 12.8. The second-order valence-electron chi connectivity index (χ2n) is 5.03. The number of amides is 1. The van der Waals surface area contributed by atoms with Gasteiger partial charge in [-0.1, -0.05) is 24.3 Å². The summed E-state index contributed by atoms with van der Waals surface area (Å²) in [4.78, 5) is 12.2. The SMILES string of the molecule is CC(Oc1ccccc1C#N)C(=O)Nc1ccc(CCO)cc1. The topological polar surface area (TPSA) is 82.3 Å². The van der Waals surface area contributed by atoms with Crippen LogP contribution in [0.4, 0.5) is 5.69 Å². The van der Waals surface area contributed by atoms with Gasteiger partial charge in [0.25, 0.3) is 5.91 Å². The quantitative estimate of drug-likeness (QED) is 0.859. The summed E-state index contributed by atoms with van der Waals surface area (Å²) in [7, 11) is 0. The van der Waals surface area contributed by atoms with E-state index in [2.05, 4.69) is 5.32 Å². The molecule has 1 atom stereocenters. The van der Waals surface area contributed by atoms with E-state index in [9.17, 15) is 4.79 Å². The van der Waals surface area contributed by atoms with Gasteiger partial charge >= 0.3 is 0 Å². The zero-order valence-electron chi connectivity index (χ0n) is 12.8. The van der Waals surface area contributed by atoms with Crippen LogP contribution in [0.15, 0.2) is 48.5 Å². The third-order valence-electron chi connectivity index (χ3n) is 3.30. The van der Waals surface area contributed by atoms with Crippen LogP contribution in [0.5, 0.6) is 5.75 Å². The third-order valence-corrected chi connectivity index (χ3v) is 3.30. The van der Waals surface area contributed by atoms with Gasteiger partial charge in [0, 0.05) is 12.3 Å². The normalized spacial score (nSPS) is 11.3.